The van der Waals surface area contributed by atoms with Gasteiger partial charge in [0.05, 0.1) is 6.10 Å². The third kappa shape index (κ3) is 4.28. The van der Waals surface area contributed by atoms with E-state index < -0.39 is 0 Å². The Balaban J connectivity index is 1.95. The first-order valence-electron chi connectivity index (χ1n) is 6.73. The Morgan fingerprint density at radius 1 is 1.26 bits per heavy atom. The molecule has 0 spiro atoms. The maximum absolute atomic E-state index is 5.82. The zero-order chi connectivity index (χ0) is 13.7. The van der Waals surface area contributed by atoms with Gasteiger partial charge in [-0.3, -0.25) is 0 Å². The number of benzene rings is 1. The molecule has 1 aromatic carbocycles. The number of hydrogen-bond donors (Lipinski definition) is 1. The second kappa shape index (κ2) is 6.62. The van der Waals surface area contributed by atoms with Gasteiger partial charge in [0.25, 0.3) is 0 Å². The SMILES string of the molecule is CCC(C)Oc1cccc(NCc2ccc(C)s2)c1. The summed E-state index contributed by atoms with van der Waals surface area (Å²) in [5, 5.41) is 3.44. The summed E-state index contributed by atoms with van der Waals surface area (Å²) in [7, 11) is 0. The van der Waals surface area contributed by atoms with Crippen molar-refractivity contribution in [3.05, 3.63) is 46.2 Å². The molecule has 1 unspecified atom stereocenters. The number of ether oxygens (including phenoxy) is 1. The van der Waals surface area contributed by atoms with Gasteiger partial charge in [0.1, 0.15) is 5.75 Å². The van der Waals surface area contributed by atoms with E-state index in [9.17, 15) is 0 Å². The third-order valence-corrected chi connectivity index (χ3v) is 4.01. The number of thiophene rings is 1. The fourth-order valence-corrected chi connectivity index (χ4v) is 2.59. The summed E-state index contributed by atoms with van der Waals surface area (Å²) in [4.78, 5) is 2.71. The van der Waals surface area contributed by atoms with Gasteiger partial charge in [-0.05, 0) is 44.5 Å². The molecule has 0 amide bonds. The van der Waals surface area contributed by atoms with Crippen LogP contribution in [-0.2, 0) is 6.54 Å². The summed E-state index contributed by atoms with van der Waals surface area (Å²) in [6, 6.07) is 12.5. The van der Waals surface area contributed by atoms with Crippen molar-refractivity contribution in [3.8, 4) is 5.75 Å². The highest BCUT2D eigenvalue weighted by atomic mass is 32.1. The fourth-order valence-electron chi connectivity index (χ4n) is 1.76. The predicted molar refractivity (Wildman–Crippen MR) is 83.2 cm³/mol. The summed E-state index contributed by atoms with van der Waals surface area (Å²) in [6.45, 7) is 7.22. The van der Waals surface area contributed by atoms with E-state index in [0.717, 1.165) is 24.4 Å². The van der Waals surface area contributed by atoms with Gasteiger partial charge in [0.2, 0.25) is 0 Å². The van der Waals surface area contributed by atoms with Crippen molar-refractivity contribution in [2.75, 3.05) is 5.32 Å². The molecular formula is C16H21NOS. The van der Waals surface area contributed by atoms with Crippen molar-refractivity contribution in [2.24, 2.45) is 0 Å². The second-order valence-electron chi connectivity index (χ2n) is 4.73. The minimum absolute atomic E-state index is 0.259. The van der Waals surface area contributed by atoms with E-state index in [2.05, 4.69) is 50.4 Å². The molecule has 0 saturated carbocycles. The van der Waals surface area contributed by atoms with Crippen LogP contribution in [0, 0.1) is 6.92 Å². The van der Waals surface area contributed by atoms with E-state index in [0.29, 0.717) is 0 Å². The molecule has 1 aromatic heterocycles. The van der Waals surface area contributed by atoms with E-state index >= 15 is 0 Å². The van der Waals surface area contributed by atoms with Crippen molar-refractivity contribution in [2.45, 2.75) is 39.8 Å². The molecule has 1 N–H and O–H groups in total. The van der Waals surface area contributed by atoms with Gasteiger partial charge in [-0.1, -0.05) is 13.0 Å². The summed E-state index contributed by atoms with van der Waals surface area (Å²) in [5.41, 5.74) is 1.10. The van der Waals surface area contributed by atoms with Crippen LogP contribution in [0.25, 0.3) is 0 Å². The summed E-state index contributed by atoms with van der Waals surface area (Å²) in [6.07, 6.45) is 1.28. The summed E-state index contributed by atoms with van der Waals surface area (Å²) >= 11 is 1.83. The van der Waals surface area contributed by atoms with Gasteiger partial charge in [0, 0.05) is 28.1 Å². The lowest BCUT2D eigenvalue weighted by Crippen LogP contribution is -2.09. The lowest BCUT2D eigenvalue weighted by Gasteiger charge is -2.13. The average molecular weight is 275 g/mol. The molecule has 2 rings (SSSR count). The van der Waals surface area contributed by atoms with E-state index in [1.807, 2.05) is 23.5 Å². The number of aryl methyl sites for hydroxylation is 1. The standard InChI is InChI=1S/C16H21NOS/c1-4-12(2)18-15-7-5-6-14(10-15)17-11-16-9-8-13(3)19-16/h5-10,12,17H,4,11H2,1-3H3. The van der Waals surface area contributed by atoms with Crippen molar-refractivity contribution in [1.82, 2.24) is 0 Å². The Morgan fingerprint density at radius 3 is 2.79 bits per heavy atom. The number of hydrogen-bond acceptors (Lipinski definition) is 3. The van der Waals surface area contributed by atoms with Crippen molar-refractivity contribution >= 4 is 17.0 Å². The van der Waals surface area contributed by atoms with E-state index in [4.69, 9.17) is 4.74 Å². The van der Waals surface area contributed by atoms with Gasteiger partial charge in [-0.2, -0.15) is 0 Å². The third-order valence-electron chi connectivity index (χ3n) is 3.01. The molecule has 1 atom stereocenters. The topological polar surface area (TPSA) is 21.3 Å². The molecule has 0 aliphatic rings. The molecule has 1 heterocycles. The number of nitrogens with one attached hydrogen (secondary N) is 1. The highest BCUT2D eigenvalue weighted by Crippen LogP contribution is 2.21. The Labute approximate surface area is 119 Å². The molecule has 2 aromatic rings. The highest BCUT2D eigenvalue weighted by Gasteiger charge is 2.02. The maximum atomic E-state index is 5.82. The number of anilines is 1. The predicted octanol–water partition coefficient (Wildman–Crippen LogP) is 4.85. The first-order chi connectivity index (χ1) is 9.17. The Kier molecular flexibility index (Phi) is 4.86. The van der Waals surface area contributed by atoms with Crippen LogP contribution in [0.15, 0.2) is 36.4 Å². The Morgan fingerprint density at radius 2 is 2.11 bits per heavy atom. The van der Waals surface area contributed by atoms with Crippen LogP contribution in [0.5, 0.6) is 5.75 Å². The first-order valence-corrected chi connectivity index (χ1v) is 7.55. The van der Waals surface area contributed by atoms with Crippen LogP contribution in [-0.4, -0.2) is 6.10 Å². The smallest absolute Gasteiger partial charge is 0.121 e. The van der Waals surface area contributed by atoms with Crippen LogP contribution in [0.1, 0.15) is 30.0 Å². The second-order valence-corrected chi connectivity index (χ2v) is 6.10. The van der Waals surface area contributed by atoms with E-state index in [-0.39, 0.29) is 6.10 Å². The Hall–Kier alpha value is -1.48. The molecule has 19 heavy (non-hydrogen) atoms. The molecule has 0 bridgehead atoms. The molecule has 0 aliphatic carbocycles. The summed E-state index contributed by atoms with van der Waals surface area (Å²) in [5.74, 6) is 0.932. The molecule has 0 fully saturated rings. The zero-order valence-corrected chi connectivity index (χ0v) is 12.6. The fraction of sp³-hybridized carbons (Fsp3) is 0.375. The summed E-state index contributed by atoms with van der Waals surface area (Å²) < 4.78 is 5.82. The van der Waals surface area contributed by atoms with Crippen LogP contribution in [0.3, 0.4) is 0 Å². The van der Waals surface area contributed by atoms with Crippen molar-refractivity contribution in [1.29, 1.82) is 0 Å². The molecule has 102 valence electrons. The minimum Gasteiger partial charge on any atom is -0.491 e. The van der Waals surface area contributed by atoms with Gasteiger partial charge in [-0.25, -0.2) is 0 Å². The molecule has 3 heteroatoms. The molecule has 2 nitrogen and oxygen atoms in total. The van der Waals surface area contributed by atoms with Crippen LogP contribution in [0.2, 0.25) is 0 Å². The van der Waals surface area contributed by atoms with E-state index in [1.165, 1.54) is 9.75 Å². The quantitative estimate of drug-likeness (QED) is 0.814. The molecule has 0 saturated heterocycles. The average Bonchev–Trinajstić information content (AvgIpc) is 2.82. The van der Waals surface area contributed by atoms with Crippen molar-refractivity contribution in [3.63, 3.8) is 0 Å². The highest BCUT2D eigenvalue weighted by molar-refractivity contribution is 7.11. The molecule has 0 aliphatic heterocycles. The maximum Gasteiger partial charge on any atom is 0.121 e. The number of rotatable bonds is 6. The lowest BCUT2D eigenvalue weighted by molar-refractivity contribution is 0.217. The zero-order valence-electron chi connectivity index (χ0n) is 11.8. The van der Waals surface area contributed by atoms with Gasteiger partial charge in [0.15, 0.2) is 0 Å². The monoisotopic (exact) mass is 275 g/mol. The molecular weight excluding hydrogens is 254 g/mol. The minimum atomic E-state index is 0.259. The van der Waals surface area contributed by atoms with Gasteiger partial charge < -0.3 is 10.1 Å². The van der Waals surface area contributed by atoms with E-state index in [1.54, 1.807) is 0 Å². The normalized spacial score (nSPS) is 12.2. The lowest BCUT2D eigenvalue weighted by atomic mass is 10.2. The largest absolute Gasteiger partial charge is 0.491 e. The van der Waals surface area contributed by atoms with Crippen molar-refractivity contribution < 1.29 is 4.74 Å². The van der Waals surface area contributed by atoms with Crippen LogP contribution < -0.4 is 10.1 Å². The van der Waals surface area contributed by atoms with Crippen LogP contribution >= 0.6 is 11.3 Å². The molecule has 0 radical (unpaired) electrons. The van der Waals surface area contributed by atoms with Gasteiger partial charge >= 0.3 is 0 Å². The first kappa shape index (κ1) is 13.9. The van der Waals surface area contributed by atoms with Crippen LogP contribution in [0.4, 0.5) is 5.69 Å². The van der Waals surface area contributed by atoms with Gasteiger partial charge in [-0.15, -0.1) is 11.3 Å². The Bertz CT molecular complexity index is 521.